The van der Waals surface area contributed by atoms with Gasteiger partial charge in [0.15, 0.2) is 17.6 Å². The Bertz CT molecular complexity index is 974. The number of nitrogens with one attached hydrogen (secondary N) is 1. The van der Waals surface area contributed by atoms with Crippen molar-refractivity contribution < 1.29 is 34.0 Å². The molecule has 0 bridgehead atoms. The average molecular weight is 415 g/mol. The lowest BCUT2D eigenvalue weighted by atomic mass is 10.0. The molecule has 1 fully saturated rings. The summed E-state index contributed by atoms with van der Waals surface area (Å²) in [5, 5.41) is 3.27. The molecule has 8 heteroatoms. The first kappa shape index (κ1) is 15.8. The largest absolute Gasteiger partial charge is 0.490 e. The molecule has 1 saturated heterocycles. The van der Waals surface area contributed by atoms with Crippen LogP contribution in [0, 0.1) is 0 Å². The molecule has 0 unspecified atom stereocenters. The van der Waals surface area contributed by atoms with Crippen LogP contribution in [0.3, 0.4) is 0 Å². The summed E-state index contributed by atoms with van der Waals surface area (Å²) < 4.78 is 80.7. The molecule has 2 atom stereocenters. The van der Waals surface area contributed by atoms with Crippen LogP contribution in [0.4, 0.5) is 0 Å². The summed E-state index contributed by atoms with van der Waals surface area (Å²) in [6, 6.07) is 16.0. The van der Waals surface area contributed by atoms with Gasteiger partial charge >= 0.3 is 0 Å². The van der Waals surface area contributed by atoms with Crippen molar-refractivity contribution in [1.29, 1.82) is 0 Å². The summed E-state index contributed by atoms with van der Waals surface area (Å²) in [6.45, 7) is -3.88. The van der Waals surface area contributed by atoms with Gasteiger partial charge in [-0.2, -0.15) is 8.42 Å². The summed E-state index contributed by atoms with van der Waals surface area (Å²) in [7, 11) is -3.67. The van der Waals surface area contributed by atoms with Crippen molar-refractivity contribution in [2.24, 2.45) is 0 Å². The quantitative estimate of drug-likeness (QED) is 0.702. The van der Waals surface area contributed by atoms with E-state index in [0.29, 0.717) is 19.4 Å². The highest BCUT2D eigenvalue weighted by molar-refractivity contribution is 7.85. The van der Waals surface area contributed by atoms with E-state index in [1.165, 1.54) is 6.07 Å². The Hall–Kier alpha value is -2.13. The van der Waals surface area contributed by atoms with E-state index >= 15 is 0 Å². The van der Waals surface area contributed by atoms with Crippen LogP contribution in [0.15, 0.2) is 54.6 Å². The van der Waals surface area contributed by atoms with Gasteiger partial charge in [0.25, 0.3) is 10.1 Å². The molecule has 1 aliphatic heterocycles. The number of rotatable bonds is 6. The third kappa shape index (κ3) is 7.85. The number of morpholine rings is 1. The van der Waals surface area contributed by atoms with Crippen molar-refractivity contribution in [3.63, 3.8) is 0 Å². The highest BCUT2D eigenvalue weighted by atomic mass is 32.2. The molecule has 2 aromatic carbocycles. The van der Waals surface area contributed by atoms with Gasteiger partial charge in [-0.1, -0.05) is 42.5 Å². The molecule has 0 amide bonds. The minimum atomic E-state index is -3.67. The molecular formula is C20H27NO6S. The van der Waals surface area contributed by atoms with Crippen LogP contribution < -0.4 is 14.8 Å². The zero-order chi connectivity index (χ0) is 24.7. The summed E-state index contributed by atoms with van der Waals surface area (Å²) >= 11 is 0. The van der Waals surface area contributed by atoms with Crippen LogP contribution >= 0.6 is 0 Å². The summed E-state index contributed by atoms with van der Waals surface area (Å²) in [5.74, 6) is 0.270. The molecule has 0 aliphatic carbocycles. The number of hydrogen-bond donors (Lipinski definition) is 2. The highest BCUT2D eigenvalue weighted by Crippen LogP contribution is 2.33. The number of ether oxygens (including phenoxy) is 3. The topological polar surface area (TPSA) is 94.1 Å². The molecule has 2 aromatic rings. The summed E-state index contributed by atoms with van der Waals surface area (Å²) in [4.78, 5) is 0. The van der Waals surface area contributed by atoms with Gasteiger partial charge < -0.3 is 19.5 Å². The van der Waals surface area contributed by atoms with Gasteiger partial charge in [-0.3, -0.25) is 4.55 Å². The van der Waals surface area contributed by atoms with Crippen molar-refractivity contribution in [2.45, 2.75) is 19.1 Å². The Morgan fingerprint density at radius 3 is 2.50 bits per heavy atom. The van der Waals surface area contributed by atoms with Crippen molar-refractivity contribution >= 4 is 10.1 Å². The van der Waals surface area contributed by atoms with Crippen molar-refractivity contribution in [3.05, 3.63) is 60.2 Å². The zero-order valence-electron chi connectivity index (χ0n) is 20.4. The number of benzene rings is 2. The molecule has 0 aromatic heterocycles. The Morgan fingerprint density at radius 2 is 1.89 bits per heavy atom. The van der Waals surface area contributed by atoms with E-state index in [2.05, 4.69) is 5.32 Å². The second-order valence-electron chi connectivity index (χ2n) is 5.95. The van der Waals surface area contributed by atoms with Crippen LogP contribution in [0.5, 0.6) is 11.5 Å². The normalized spacial score (nSPS) is 21.4. The van der Waals surface area contributed by atoms with Gasteiger partial charge in [0, 0.05) is 17.2 Å². The third-order valence-corrected chi connectivity index (χ3v) is 3.69. The minimum absolute atomic E-state index is 0.0216. The predicted octanol–water partition coefficient (Wildman–Crippen LogP) is 2.70. The van der Waals surface area contributed by atoms with Gasteiger partial charge in [0.1, 0.15) is 6.10 Å². The van der Waals surface area contributed by atoms with Crippen LogP contribution in [-0.2, 0) is 14.9 Å². The number of para-hydroxylation sites is 2. The monoisotopic (exact) mass is 414 g/mol. The van der Waals surface area contributed by atoms with Gasteiger partial charge in [-0.05, 0) is 24.5 Å². The van der Waals surface area contributed by atoms with Crippen LogP contribution in [-0.4, -0.2) is 51.6 Å². The molecular weight excluding hydrogens is 382 g/mol. The van der Waals surface area contributed by atoms with Crippen molar-refractivity contribution in [2.75, 3.05) is 32.5 Å². The first-order valence-electron chi connectivity index (χ1n) is 11.0. The molecule has 0 radical (unpaired) electrons. The van der Waals surface area contributed by atoms with Gasteiger partial charge in [0.05, 0.1) is 22.2 Å². The molecule has 154 valence electrons. The smallest absolute Gasteiger partial charge is 0.261 e. The Morgan fingerprint density at radius 1 is 1.25 bits per heavy atom. The molecule has 1 aliphatic rings. The minimum Gasteiger partial charge on any atom is -0.490 e. The van der Waals surface area contributed by atoms with Crippen LogP contribution in [0.2, 0.25) is 0 Å². The van der Waals surface area contributed by atoms with E-state index < -0.39 is 29.6 Å². The fourth-order valence-electron chi connectivity index (χ4n) is 2.61. The molecule has 7 nitrogen and oxygen atoms in total. The first-order valence-corrected chi connectivity index (χ1v) is 10.4. The van der Waals surface area contributed by atoms with Crippen molar-refractivity contribution in [3.8, 4) is 11.5 Å². The van der Waals surface area contributed by atoms with Gasteiger partial charge in [-0.25, -0.2) is 0 Å². The lowest BCUT2D eigenvalue weighted by Gasteiger charge is -2.32. The fourth-order valence-corrected chi connectivity index (χ4v) is 2.61. The summed E-state index contributed by atoms with van der Waals surface area (Å²) in [5.41, 5.74) is 0.893. The second kappa shape index (κ2) is 11.0. The molecule has 0 saturated carbocycles. The Kier molecular flexibility index (Phi) is 6.20. The lowest BCUT2D eigenvalue weighted by Crippen LogP contribution is -2.43. The van der Waals surface area contributed by atoms with E-state index in [0.717, 1.165) is 12.1 Å². The lowest BCUT2D eigenvalue weighted by molar-refractivity contribution is -0.0439. The predicted molar refractivity (Wildman–Crippen MR) is 108 cm³/mol. The number of hydrogen-bond acceptors (Lipinski definition) is 6. The molecule has 3 rings (SSSR count). The zero-order valence-corrected chi connectivity index (χ0v) is 16.2. The van der Waals surface area contributed by atoms with E-state index in [4.69, 9.17) is 25.6 Å². The Labute approximate surface area is 173 Å². The fraction of sp³-hybridized carbons (Fsp3) is 0.400. The van der Waals surface area contributed by atoms with E-state index in [1.54, 1.807) is 18.2 Å². The maximum absolute atomic E-state index is 9.19. The average Bonchev–Trinajstić information content (AvgIpc) is 2.72. The highest BCUT2D eigenvalue weighted by Gasteiger charge is 2.28. The van der Waals surface area contributed by atoms with Crippen LogP contribution in [0.1, 0.15) is 25.4 Å². The SMILES string of the molecule is CS(=O)(=O)O.[2H]C([2H])([2H])C([2H])([2H])Oc1ccccc1O[C@H](c1ccccc1)[C@H]1CNCCO1. The molecule has 1 heterocycles. The Balaban J connectivity index is 0.000000696. The van der Waals surface area contributed by atoms with Gasteiger partial charge in [0.2, 0.25) is 0 Å². The van der Waals surface area contributed by atoms with Gasteiger partial charge in [-0.15, -0.1) is 0 Å². The molecule has 0 spiro atoms. The van der Waals surface area contributed by atoms with Crippen LogP contribution in [0.25, 0.3) is 0 Å². The maximum atomic E-state index is 9.19. The summed E-state index contributed by atoms with van der Waals surface area (Å²) in [6.07, 6.45) is -0.0199. The maximum Gasteiger partial charge on any atom is 0.261 e. The van der Waals surface area contributed by atoms with E-state index in [9.17, 15) is 8.42 Å². The second-order valence-corrected chi connectivity index (χ2v) is 7.41. The van der Waals surface area contributed by atoms with Crippen molar-refractivity contribution in [1.82, 2.24) is 5.32 Å². The van der Waals surface area contributed by atoms with E-state index in [-0.39, 0.29) is 17.6 Å². The first-order chi connectivity index (χ1) is 15.3. The third-order valence-electron chi connectivity index (χ3n) is 3.69. The van der Waals surface area contributed by atoms with E-state index in [1.807, 2.05) is 30.3 Å². The molecule has 28 heavy (non-hydrogen) atoms. The standard InChI is InChI=1S/C19H23NO3.CH4O3S/c1-2-21-16-10-6-7-11-17(16)23-19(15-8-4-3-5-9-15)18-14-20-12-13-22-18;1-5(2,3)4/h3-11,18-20H,2,12-14H2,1H3;1H3,(H,2,3,4)/t18-,19-;/m1./s1/i1D3,2D2;. The molecule has 2 N–H and O–H groups in total.